The number of piperazine rings is 1. The molecule has 1 aromatic rings. The quantitative estimate of drug-likeness (QED) is 0.498. The van der Waals surface area contributed by atoms with Crippen LogP contribution in [0.5, 0.6) is 0 Å². The first-order valence-corrected chi connectivity index (χ1v) is 6.85. The zero-order valence-corrected chi connectivity index (χ0v) is 11.6. The van der Waals surface area contributed by atoms with Crippen LogP contribution in [-0.2, 0) is 6.42 Å². The van der Waals surface area contributed by atoms with Gasteiger partial charge in [0.2, 0.25) is 0 Å². The van der Waals surface area contributed by atoms with Crippen LogP contribution in [0.3, 0.4) is 0 Å². The van der Waals surface area contributed by atoms with Crippen molar-refractivity contribution in [2.75, 3.05) is 32.7 Å². The number of rotatable bonds is 5. The summed E-state index contributed by atoms with van der Waals surface area (Å²) in [5, 5.41) is 14.2. The first kappa shape index (κ1) is 14.6. The number of hydrogen-bond acceptors (Lipinski definition) is 5. The molecule has 1 N–H and O–H groups in total. The molecule has 1 aromatic carbocycles. The molecule has 1 fully saturated rings. The summed E-state index contributed by atoms with van der Waals surface area (Å²) in [6, 6.07) is 4.78. The molecule has 1 aliphatic heterocycles. The number of aryl methyl sites for hydroxylation is 1. The molecule has 0 unspecified atom stereocenters. The van der Waals surface area contributed by atoms with E-state index in [9.17, 15) is 14.9 Å². The summed E-state index contributed by atoms with van der Waals surface area (Å²) in [6.07, 6.45) is 0.586. The van der Waals surface area contributed by atoms with Gasteiger partial charge in [0.1, 0.15) is 0 Å². The lowest BCUT2D eigenvalue weighted by Crippen LogP contribution is -2.45. The molecule has 0 atom stereocenters. The number of Topliss-reactive ketones (excluding diaryl/α,β-unsaturated/α-hetero) is 1. The van der Waals surface area contributed by atoms with Crippen molar-refractivity contribution in [2.24, 2.45) is 0 Å². The molecule has 0 spiro atoms. The van der Waals surface area contributed by atoms with Crippen LogP contribution in [-0.4, -0.2) is 48.3 Å². The average Bonchev–Trinajstić information content (AvgIpc) is 2.47. The highest BCUT2D eigenvalue weighted by molar-refractivity contribution is 5.98. The predicted octanol–water partition coefficient (Wildman–Crippen LogP) is 1.25. The first-order chi connectivity index (χ1) is 9.61. The van der Waals surface area contributed by atoms with E-state index in [1.165, 1.54) is 6.07 Å². The summed E-state index contributed by atoms with van der Waals surface area (Å²) < 4.78 is 0. The van der Waals surface area contributed by atoms with Crippen molar-refractivity contribution >= 4 is 11.5 Å². The lowest BCUT2D eigenvalue weighted by molar-refractivity contribution is -0.385. The normalized spacial score (nSPS) is 16.1. The summed E-state index contributed by atoms with van der Waals surface area (Å²) in [7, 11) is 0. The van der Waals surface area contributed by atoms with Crippen molar-refractivity contribution in [3.05, 3.63) is 39.4 Å². The molecule has 0 saturated carbocycles. The van der Waals surface area contributed by atoms with Gasteiger partial charge in [-0.15, -0.1) is 0 Å². The smallest absolute Gasteiger partial charge is 0.273 e. The standard InChI is InChI=1S/C14H19N3O3/c1-2-11-3-4-12(9-13(11)17(19)20)14(18)10-16-7-5-15-6-8-16/h3-4,9,15H,2,5-8,10H2,1H3. The lowest BCUT2D eigenvalue weighted by atomic mass is 10.0. The number of hydrogen-bond donors (Lipinski definition) is 1. The third-order valence-corrected chi connectivity index (χ3v) is 3.56. The third kappa shape index (κ3) is 3.40. The second kappa shape index (κ2) is 6.58. The molecule has 2 rings (SSSR count). The fraction of sp³-hybridized carbons (Fsp3) is 0.500. The molecule has 0 amide bonds. The van der Waals surface area contributed by atoms with Crippen LogP contribution < -0.4 is 5.32 Å². The monoisotopic (exact) mass is 277 g/mol. The van der Waals surface area contributed by atoms with E-state index in [-0.39, 0.29) is 11.5 Å². The maximum atomic E-state index is 12.2. The number of nitro groups is 1. The van der Waals surface area contributed by atoms with Crippen LogP contribution in [0.25, 0.3) is 0 Å². The van der Waals surface area contributed by atoms with Gasteiger partial charge in [0.25, 0.3) is 5.69 Å². The summed E-state index contributed by atoms with van der Waals surface area (Å²) in [5.41, 5.74) is 1.12. The number of ketones is 1. The van der Waals surface area contributed by atoms with Crippen molar-refractivity contribution in [2.45, 2.75) is 13.3 Å². The average molecular weight is 277 g/mol. The van der Waals surface area contributed by atoms with E-state index >= 15 is 0 Å². The van der Waals surface area contributed by atoms with E-state index in [0.717, 1.165) is 26.2 Å². The minimum Gasteiger partial charge on any atom is -0.314 e. The highest BCUT2D eigenvalue weighted by Gasteiger charge is 2.19. The molecule has 0 bridgehead atoms. The number of nitrogens with zero attached hydrogens (tertiary/aromatic N) is 2. The Kier molecular flexibility index (Phi) is 4.81. The van der Waals surface area contributed by atoms with Crippen LogP contribution in [0.4, 0.5) is 5.69 Å². The number of benzene rings is 1. The minimum absolute atomic E-state index is 0.0404. The summed E-state index contributed by atoms with van der Waals surface area (Å²) in [5.74, 6) is -0.0577. The van der Waals surface area contributed by atoms with E-state index in [1.807, 2.05) is 6.92 Å². The van der Waals surface area contributed by atoms with Gasteiger partial charge in [-0.3, -0.25) is 19.8 Å². The first-order valence-electron chi connectivity index (χ1n) is 6.85. The summed E-state index contributed by atoms with van der Waals surface area (Å²) in [6.45, 7) is 5.61. The number of carbonyl (C=O) groups is 1. The lowest BCUT2D eigenvalue weighted by Gasteiger charge is -2.26. The van der Waals surface area contributed by atoms with Gasteiger partial charge in [0.15, 0.2) is 5.78 Å². The van der Waals surface area contributed by atoms with Crippen LogP contribution in [0.1, 0.15) is 22.8 Å². The van der Waals surface area contributed by atoms with E-state index in [4.69, 9.17) is 0 Å². The molecule has 6 nitrogen and oxygen atoms in total. The minimum atomic E-state index is -0.416. The van der Waals surface area contributed by atoms with Gasteiger partial charge >= 0.3 is 0 Å². The Morgan fingerprint density at radius 3 is 2.70 bits per heavy atom. The molecular weight excluding hydrogens is 258 g/mol. The van der Waals surface area contributed by atoms with Crippen molar-refractivity contribution in [3.63, 3.8) is 0 Å². The SMILES string of the molecule is CCc1ccc(C(=O)CN2CCNCC2)cc1[N+](=O)[O-]. The van der Waals surface area contributed by atoms with Gasteiger partial charge in [-0.25, -0.2) is 0 Å². The Morgan fingerprint density at radius 2 is 2.10 bits per heavy atom. The fourth-order valence-corrected chi connectivity index (χ4v) is 2.37. The van der Waals surface area contributed by atoms with Crippen LogP contribution in [0, 0.1) is 10.1 Å². The number of nitrogens with one attached hydrogen (secondary N) is 1. The molecule has 0 radical (unpaired) electrons. The molecule has 20 heavy (non-hydrogen) atoms. The maximum Gasteiger partial charge on any atom is 0.273 e. The summed E-state index contributed by atoms with van der Waals surface area (Å²) >= 11 is 0. The van der Waals surface area contributed by atoms with Gasteiger partial charge in [-0.05, 0) is 6.42 Å². The van der Waals surface area contributed by atoms with E-state index in [1.54, 1.807) is 12.1 Å². The molecular formula is C14H19N3O3. The molecule has 1 saturated heterocycles. The topological polar surface area (TPSA) is 75.5 Å². The van der Waals surface area contributed by atoms with Crippen LogP contribution in [0.2, 0.25) is 0 Å². The Labute approximate surface area is 117 Å². The molecule has 0 aliphatic carbocycles. The second-order valence-electron chi connectivity index (χ2n) is 4.90. The molecule has 1 heterocycles. The largest absolute Gasteiger partial charge is 0.314 e. The zero-order valence-electron chi connectivity index (χ0n) is 11.6. The predicted molar refractivity (Wildman–Crippen MR) is 76.1 cm³/mol. The highest BCUT2D eigenvalue weighted by atomic mass is 16.6. The van der Waals surface area contributed by atoms with Crippen molar-refractivity contribution in [1.82, 2.24) is 10.2 Å². The zero-order chi connectivity index (χ0) is 14.5. The van der Waals surface area contributed by atoms with Crippen LogP contribution >= 0.6 is 0 Å². The second-order valence-corrected chi connectivity index (χ2v) is 4.90. The highest BCUT2D eigenvalue weighted by Crippen LogP contribution is 2.21. The Balaban J connectivity index is 2.13. The number of nitro benzene ring substituents is 1. The molecule has 6 heteroatoms. The van der Waals surface area contributed by atoms with E-state index < -0.39 is 4.92 Å². The number of carbonyl (C=O) groups excluding carboxylic acids is 1. The van der Waals surface area contributed by atoms with Crippen molar-refractivity contribution in [1.29, 1.82) is 0 Å². The Morgan fingerprint density at radius 1 is 1.40 bits per heavy atom. The Bertz CT molecular complexity index is 510. The van der Waals surface area contributed by atoms with E-state index in [0.29, 0.717) is 24.1 Å². The van der Waals surface area contributed by atoms with Gasteiger partial charge in [-0.1, -0.05) is 19.1 Å². The van der Waals surface area contributed by atoms with Crippen LogP contribution in [0.15, 0.2) is 18.2 Å². The molecule has 108 valence electrons. The Hall–Kier alpha value is -1.79. The third-order valence-electron chi connectivity index (χ3n) is 3.56. The van der Waals surface area contributed by atoms with Gasteiger partial charge < -0.3 is 5.32 Å². The summed E-state index contributed by atoms with van der Waals surface area (Å²) in [4.78, 5) is 24.9. The molecule has 1 aliphatic rings. The molecule has 0 aromatic heterocycles. The van der Waals surface area contributed by atoms with Gasteiger partial charge in [-0.2, -0.15) is 0 Å². The maximum absolute atomic E-state index is 12.2. The fourth-order valence-electron chi connectivity index (χ4n) is 2.37. The van der Waals surface area contributed by atoms with Gasteiger partial charge in [0, 0.05) is 43.4 Å². The van der Waals surface area contributed by atoms with Crippen molar-refractivity contribution in [3.8, 4) is 0 Å². The van der Waals surface area contributed by atoms with E-state index in [2.05, 4.69) is 10.2 Å². The van der Waals surface area contributed by atoms with Gasteiger partial charge in [0.05, 0.1) is 11.5 Å². The van der Waals surface area contributed by atoms with Crippen molar-refractivity contribution < 1.29 is 9.72 Å².